The van der Waals surface area contributed by atoms with Crippen molar-refractivity contribution in [1.29, 1.82) is 0 Å². The molecule has 0 saturated carbocycles. The fraction of sp³-hybridized carbons (Fsp3) is 0.120. The molecule has 1 heterocycles. The fourth-order valence-electron chi connectivity index (χ4n) is 3.49. The van der Waals surface area contributed by atoms with Gasteiger partial charge < -0.3 is 19.7 Å². The van der Waals surface area contributed by atoms with Crippen molar-refractivity contribution in [1.82, 2.24) is 9.88 Å². The van der Waals surface area contributed by atoms with Gasteiger partial charge in [-0.2, -0.15) is 0 Å². The van der Waals surface area contributed by atoms with Gasteiger partial charge in [-0.05, 0) is 48.0 Å². The Morgan fingerprint density at radius 3 is 2.49 bits per heavy atom. The van der Waals surface area contributed by atoms with Gasteiger partial charge in [0.05, 0.1) is 29.2 Å². The molecule has 35 heavy (non-hydrogen) atoms. The summed E-state index contributed by atoms with van der Waals surface area (Å²) in [4.78, 5) is 24.5. The van der Waals surface area contributed by atoms with Crippen LogP contribution >= 0.6 is 23.2 Å². The molecule has 8 nitrogen and oxygen atoms in total. The number of nitrogens with zero attached hydrogens (tertiary/aromatic N) is 3. The van der Waals surface area contributed by atoms with Gasteiger partial charge in [0.15, 0.2) is 5.69 Å². The predicted octanol–water partition coefficient (Wildman–Crippen LogP) is 5.75. The molecule has 2 amide bonds. The number of fused-ring (bicyclic) bond motifs is 1. The Bertz CT molecular complexity index is 1430. The summed E-state index contributed by atoms with van der Waals surface area (Å²) in [5.74, 6) is -0.648. The average Bonchev–Trinajstić information content (AvgIpc) is 3.14. The molecular formula is C25H20Cl2N4O4. The van der Waals surface area contributed by atoms with E-state index in [2.05, 4.69) is 15.5 Å². The van der Waals surface area contributed by atoms with Crippen molar-refractivity contribution in [3.63, 3.8) is 0 Å². The lowest BCUT2D eigenvalue weighted by Gasteiger charge is -2.08. The highest BCUT2D eigenvalue weighted by atomic mass is 35.5. The van der Waals surface area contributed by atoms with E-state index in [1.165, 1.54) is 7.11 Å². The average molecular weight is 511 g/mol. The van der Waals surface area contributed by atoms with Crippen LogP contribution in [-0.2, 0) is 11.3 Å². The van der Waals surface area contributed by atoms with Crippen LogP contribution in [-0.4, -0.2) is 35.1 Å². The zero-order valence-corrected chi connectivity index (χ0v) is 20.0. The molecule has 0 aliphatic carbocycles. The lowest BCUT2D eigenvalue weighted by atomic mass is 10.2. The van der Waals surface area contributed by atoms with E-state index in [-0.39, 0.29) is 18.1 Å². The molecule has 0 unspecified atom stereocenters. The maximum atomic E-state index is 12.3. The third-order valence-corrected chi connectivity index (χ3v) is 6.00. The number of para-hydroxylation sites is 1. The first-order valence-corrected chi connectivity index (χ1v) is 11.2. The Balaban J connectivity index is 1.50. The van der Waals surface area contributed by atoms with Crippen molar-refractivity contribution in [3.8, 4) is 11.6 Å². The number of ether oxygens (including phenoxy) is 1. The number of rotatable bonds is 7. The highest BCUT2D eigenvalue weighted by molar-refractivity contribution is 6.42. The van der Waals surface area contributed by atoms with Crippen LogP contribution in [0.4, 0.5) is 5.69 Å². The Labute approximate surface area is 210 Å². The molecule has 0 atom stereocenters. The maximum Gasteiger partial charge on any atom is 0.283 e. The van der Waals surface area contributed by atoms with E-state index in [1.54, 1.807) is 59.2 Å². The molecule has 0 fully saturated rings. The number of hydrogen-bond acceptors (Lipinski definition) is 5. The number of carbonyl (C=O) groups is 2. The summed E-state index contributed by atoms with van der Waals surface area (Å²) in [6.45, 7) is -0.0539. The monoisotopic (exact) mass is 510 g/mol. The summed E-state index contributed by atoms with van der Waals surface area (Å²) >= 11 is 12.1. The summed E-state index contributed by atoms with van der Waals surface area (Å²) in [5.41, 5.74) is 2.04. The fourth-order valence-corrected chi connectivity index (χ4v) is 3.81. The Hall–Kier alpha value is -3.88. The van der Waals surface area contributed by atoms with E-state index in [4.69, 9.17) is 27.9 Å². The highest BCUT2D eigenvalue weighted by Crippen LogP contribution is 2.39. The minimum Gasteiger partial charge on any atom is -0.497 e. The normalized spacial score (nSPS) is 11.2. The molecule has 0 spiro atoms. The van der Waals surface area contributed by atoms with Gasteiger partial charge in [0.1, 0.15) is 12.3 Å². The zero-order chi connectivity index (χ0) is 24.9. The molecule has 10 heteroatoms. The third-order valence-electron chi connectivity index (χ3n) is 5.26. The number of halogens is 2. The molecule has 0 bridgehead atoms. The van der Waals surface area contributed by atoms with E-state index < -0.39 is 11.8 Å². The first-order valence-electron chi connectivity index (χ1n) is 10.5. The molecule has 4 rings (SSSR count). The molecule has 1 aromatic heterocycles. The second-order valence-electron chi connectivity index (χ2n) is 7.53. The smallest absolute Gasteiger partial charge is 0.283 e. The number of hydrogen-bond donors (Lipinski definition) is 2. The minimum absolute atomic E-state index is 0.149. The summed E-state index contributed by atoms with van der Waals surface area (Å²) in [5, 5.41) is 22.5. The number of aromatic nitrogens is 1. The number of benzene rings is 3. The van der Waals surface area contributed by atoms with Gasteiger partial charge in [-0.15, -0.1) is 10.2 Å². The first kappa shape index (κ1) is 24.3. The van der Waals surface area contributed by atoms with Gasteiger partial charge in [-0.1, -0.05) is 47.5 Å². The number of aromatic hydroxyl groups is 1. The van der Waals surface area contributed by atoms with E-state index >= 15 is 0 Å². The minimum atomic E-state index is -0.674. The van der Waals surface area contributed by atoms with Crippen molar-refractivity contribution >= 4 is 51.6 Å². The summed E-state index contributed by atoms with van der Waals surface area (Å²) in [6.07, 6.45) is 0. The van der Waals surface area contributed by atoms with Crippen LogP contribution in [0.1, 0.15) is 15.9 Å². The van der Waals surface area contributed by atoms with Crippen molar-refractivity contribution in [3.05, 3.63) is 87.9 Å². The Kier molecular flexibility index (Phi) is 7.33. The lowest BCUT2D eigenvalue weighted by Crippen LogP contribution is -2.28. The van der Waals surface area contributed by atoms with Crippen LogP contribution in [0.5, 0.6) is 11.6 Å². The molecule has 0 aliphatic heterocycles. The van der Waals surface area contributed by atoms with Crippen molar-refractivity contribution in [2.45, 2.75) is 6.54 Å². The van der Waals surface area contributed by atoms with Gasteiger partial charge in [-0.25, -0.2) is 0 Å². The van der Waals surface area contributed by atoms with Crippen LogP contribution in [0.2, 0.25) is 10.0 Å². The van der Waals surface area contributed by atoms with E-state index in [0.29, 0.717) is 38.8 Å². The summed E-state index contributed by atoms with van der Waals surface area (Å²) in [6, 6.07) is 18.9. The van der Waals surface area contributed by atoms with Crippen LogP contribution < -0.4 is 10.1 Å². The summed E-state index contributed by atoms with van der Waals surface area (Å²) in [7, 11) is 1.53. The van der Waals surface area contributed by atoms with E-state index in [0.717, 1.165) is 5.56 Å². The van der Waals surface area contributed by atoms with Gasteiger partial charge in [0.25, 0.3) is 11.8 Å². The molecule has 0 radical (unpaired) electrons. The Morgan fingerprint density at radius 1 is 1.03 bits per heavy atom. The van der Waals surface area contributed by atoms with Crippen LogP contribution in [0.15, 0.2) is 77.0 Å². The van der Waals surface area contributed by atoms with Crippen LogP contribution in [0.25, 0.3) is 10.9 Å². The van der Waals surface area contributed by atoms with E-state index in [1.807, 2.05) is 12.1 Å². The topological polar surface area (TPSA) is 105 Å². The van der Waals surface area contributed by atoms with Crippen LogP contribution in [0.3, 0.4) is 0 Å². The SMILES string of the molecule is COc1ccc(C(=O)NCC(=O)N=Nc2c(O)n(Cc3ccc(Cl)c(Cl)c3)c3ccccc23)cc1. The predicted molar refractivity (Wildman–Crippen MR) is 134 cm³/mol. The third kappa shape index (κ3) is 5.45. The van der Waals surface area contributed by atoms with Gasteiger partial charge in [0, 0.05) is 10.9 Å². The highest BCUT2D eigenvalue weighted by Gasteiger charge is 2.17. The molecule has 3 aromatic carbocycles. The largest absolute Gasteiger partial charge is 0.497 e. The number of amides is 2. The van der Waals surface area contributed by atoms with Gasteiger partial charge in [-0.3, -0.25) is 9.59 Å². The maximum absolute atomic E-state index is 12.3. The number of methoxy groups -OCH3 is 1. The molecule has 178 valence electrons. The van der Waals surface area contributed by atoms with Crippen molar-refractivity contribution in [2.75, 3.05) is 13.7 Å². The van der Waals surface area contributed by atoms with Crippen LogP contribution in [0, 0.1) is 0 Å². The standard InChI is InChI=1S/C25H20Cl2N4O4/c1-35-17-9-7-16(8-10-17)24(33)28-13-22(32)29-30-23-18-4-2-3-5-21(18)31(25(23)34)14-15-6-11-19(26)20(27)12-15/h2-12,34H,13-14H2,1H3,(H,28,33). The second kappa shape index (κ2) is 10.6. The quantitative estimate of drug-likeness (QED) is 0.308. The Morgan fingerprint density at radius 2 is 1.77 bits per heavy atom. The zero-order valence-electron chi connectivity index (χ0n) is 18.5. The van der Waals surface area contributed by atoms with Crippen molar-refractivity contribution < 1.29 is 19.4 Å². The van der Waals surface area contributed by atoms with Gasteiger partial charge >= 0.3 is 0 Å². The molecule has 0 saturated heterocycles. The lowest BCUT2D eigenvalue weighted by molar-refractivity contribution is -0.117. The number of nitrogens with one attached hydrogen (secondary N) is 1. The second-order valence-corrected chi connectivity index (χ2v) is 8.34. The summed E-state index contributed by atoms with van der Waals surface area (Å²) < 4.78 is 6.70. The molecule has 2 N–H and O–H groups in total. The molecular weight excluding hydrogens is 491 g/mol. The van der Waals surface area contributed by atoms with Gasteiger partial charge in [0.2, 0.25) is 5.88 Å². The number of carbonyl (C=O) groups excluding carboxylic acids is 2. The van der Waals surface area contributed by atoms with Crippen molar-refractivity contribution in [2.24, 2.45) is 10.2 Å². The van der Waals surface area contributed by atoms with E-state index in [9.17, 15) is 14.7 Å². The molecule has 4 aromatic rings. The number of azo groups is 1. The molecule has 0 aliphatic rings. The first-order chi connectivity index (χ1) is 16.9.